The van der Waals surface area contributed by atoms with Crippen LogP contribution in [0.2, 0.25) is 0 Å². The first kappa shape index (κ1) is 35.6. The van der Waals surface area contributed by atoms with Crippen molar-refractivity contribution in [3.8, 4) is 11.5 Å². The van der Waals surface area contributed by atoms with Crippen LogP contribution in [0.1, 0.15) is 49.9 Å². The molecule has 0 bridgehead atoms. The highest BCUT2D eigenvalue weighted by Gasteiger charge is 2.27. The molecule has 6 heteroatoms. The number of benzene rings is 5. The Balaban J connectivity index is 1.13. The third kappa shape index (κ3) is 9.70. The number of ether oxygens (including phenoxy) is 2. The first-order valence-corrected chi connectivity index (χ1v) is 18.4. The van der Waals surface area contributed by atoms with Crippen LogP contribution in [0.25, 0.3) is 0 Å². The number of hydrogen-bond donors (Lipinski definition) is 2. The van der Waals surface area contributed by atoms with Crippen LogP contribution in [0.3, 0.4) is 0 Å². The molecule has 0 fully saturated rings. The lowest BCUT2D eigenvalue weighted by molar-refractivity contribution is 0.126. The predicted molar refractivity (Wildman–Crippen MR) is 201 cm³/mol. The summed E-state index contributed by atoms with van der Waals surface area (Å²) in [6.07, 6.45) is -1.09. The Kier molecular flexibility index (Phi) is 12.3. The Morgan fingerprint density at radius 2 is 0.750 bits per heavy atom. The topological polar surface area (TPSA) is 58.9 Å². The van der Waals surface area contributed by atoms with Crippen molar-refractivity contribution < 1.29 is 19.7 Å². The summed E-state index contributed by atoms with van der Waals surface area (Å²) >= 11 is 3.26. The summed E-state index contributed by atoms with van der Waals surface area (Å²) in [6.45, 7) is 9.47. The molecule has 0 aliphatic heterocycles. The van der Waals surface area contributed by atoms with Crippen molar-refractivity contribution in [1.29, 1.82) is 0 Å². The van der Waals surface area contributed by atoms with E-state index in [9.17, 15) is 10.2 Å². The van der Waals surface area contributed by atoms with Gasteiger partial charge >= 0.3 is 0 Å². The minimum Gasteiger partial charge on any atom is -0.491 e. The van der Waals surface area contributed by atoms with E-state index >= 15 is 0 Å². The maximum absolute atomic E-state index is 10.4. The van der Waals surface area contributed by atoms with Crippen molar-refractivity contribution >= 4 is 23.5 Å². The SMILES string of the molecule is CC(C)(c1ccc(OCC(O)CSc2ccccc2)cc1)c1ccc(C(C)(C)c2ccc(OCC(O)CSc3ccccc3)cc2)cc1. The highest BCUT2D eigenvalue weighted by molar-refractivity contribution is 7.99. The molecule has 2 atom stereocenters. The van der Waals surface area contributed by atoms with Crippen molar-refractivity contribution in [3.05, 3.63) is 156 Å². The molecule has 0 radical (unpaired) electrons. The predicted octanol–water partition coefficient (Wildman–Crippen LogP) is 9.40. The lowest BCUT2D eigenvalue weighted by Crippen LogP contribution is -2.22. The molecule has 0 saturated heterocycles. The van der Waals surface area contributed by atoms with Crippen LogP contribution < -0.4 is 9.47 Å². The van der Waals surface area contributed by atoms with E-state index in [1.807, 2.05) is 84.9 Å². The van der Waals surface area contributed by atoms with Crippen LogP contribution in [0.5, 0.6) is 11.5 Å². The number of rotatable bonds is 16. The molecule has 2 N–H and O–H groups in total. The van der Waals surface area contributed by atoms with Crippen molar-refractivity contribution in [2.75, 3.05) is 24.7 Å². The summed E-state index contributed by atoms with van der Waals surface area (Å²) in [5, 5.41) is 20.8. The third-order valence-electron chi connectivity index (χ3n) is 8.74. The van der Waals surface area contributed by atoms with Gasteiger partial charge in [0.2, 0.25) is 0 Å². The van der Waals surface area contributed by atoms with E-state index in [1.165, 1.54) is 22.3 Å². The van der Waals surface area contributed by atoms with Gasteiger partial charge in [0.05, 0.1) is 12.2 Å². The molecule has 5 rings (SSSR count). The number of aliphatic hydroxyl groups is 2. The van der Waals surface area contributed by atoms with E-state index < -0.39 is 12.2 Å². The second-order valence-corrected chi connectivity index (χ2v) is 15.2. The molecule has 0 aromatic heterocycles. The van der Waals surface area contributed by atoms with E-state index in [1.54, 1.807) is 23.5 Å². The van der Waals surface area contributed by atoms with Crippen LogP contribution >= 0.6 is 23.5 Å². The molecule has 0 saturated carbocycles. The Bertz CT molecular complexity index is 1540. The molecule has 0 heterocycles. The number of aliphatic hydroxyl groups excluding tert-OH is 2. The second-order valence-electron chi connectivity index (χ2n) is 13.1. The van der Waals surface area contributed by atoms with Gasteiger partial charge in [-0.3, -0.25) is 0 Å². The van der Waals surface area contributed by atoms with E-state index in [0.29, 0.717) is 11.5 Å². The van der Waals surface area contributed by atoms with Crippen molar-refractivity contribution in [3.63, 3.8) is 0 Å². The average Bonchev–Trinajstić information content (AvgIpc) is 3.12. The van der Waals surface area contributed by atoms with Gasteiger partial charge in [0.1, 0.15) is 24.7 Å². The molecular formula is C42H46O4S2. The normalized spacial score (nSPS) is 13.1. The largest absolute Gasteiger partial charge is 0.491 e. The first-order valence-electron chi connectivity index (χ1n) is 16.4. The quantitative estimate of drug-likeness (QED) is 0.101. The second kappa shape index (κ2) is 16.6. The third-order valence-corrected chi connectivity index (χ3v) is 11.1. The van der Waals surface area contributed by atoms with Gasteiger partial charge in [0.15, 0.2) is 0 Å². The first-order chi connectivity index (χ1) is 23.1. The van der Waals surface area contributed by atoms with Crippen LogP contribution in [-0.2, 0) is 10.8 Å². The molecule has 2 unspecified atom stereocenters. The maximum Gasteiger partial charge on any atom is 0.119 e. The van der Waals surface area contributed by atoms with E-state index in [0.717, 1.165) is 21.3 Å². The zero-order chi connectivity index (χ0) is 34.0. The Morgan fingerprint density at radius 1 is 0.458 bits per heavy atom. The zero-order valence-electron chi connectivity index (χ0n) is 28.2. The highest BCUT2D eigenvalue weighted by Crippen LogP contribution is 2.36. The number of hydrogen-bond acceptors (Lipinski definition) is 6. The lowest BCUT2D eigenvalue weighted by atomic mass is 9.74. The maximum atomic E-state index is 10.4. The average molecular weight is 679 g/mol. The monoisotopic (exact) mass is 678 g/mol. The molecule has 0 aliphatic carbocycles. The number of thioether (sulfide) groups is 2. The van der Waals surface area contributed by atoms with Crippen molar-refractivity contribution in [2.24, 2.45) is 0 Å². The van der Waals surface area contributed by atoms with E-state index in [2.05, 4.69) is 76.2 Å². The van der Waals surface area contributed by atoms with Crippen LogP contribution in [-0.4, -0.2) is 47.1 Å². The molecule has 4 nitrogen and oxygen atoms in total. The van der Waals surface area contributed by atoms with Gasteiger partial charge in [-0.2, -0.15) is 0 Å². The molecule has 5 aromatic rings. The molecule has 5 aromatic carbocycles. The molecule has 48 heavy (non-hydrogen) atoms. The Labute approximate surface area is 294 Å². The smallest absolute Gasteiger partial charge is 0.119 e. The summed E-state index contributed by atoms with van der Waals surface area (Å²) in [4.78, 5) is 2.28. The minimum absolute atomic E-state index is 0.198. The molecule has 0 amide bonds. The fourth-order valence-electron chi connectivity index (χ4n) is 5.47. The summed E-state index contributed by atoms with van der Waals surface area (Å²) in [5.41, 5.74) is 4.46. The molecule has 0 aliphatic rings. The summed E-state index contributed by atoms with van der Waals surface area (Å²) in [5.74, 6) is 2.68. The molecule has 0 spiro atoms. The van der Waals surface area contributed by atoms with Gasteiger partial charge in [-0.1, -0.05) is 113 Å². The Hall–Kier alpha value is -3.68. The van der Waals surface area contributed by atoms with Crippen molar-refractivity contribution in [2.45, 2.75) is 60.5 Å². The van der Waals surface area contributed by atoms with Crippen LogP contribution in [0, 0.1) is 0 Å². The Morgan fingerprint density at radius 3 is 1.06 bits per heavy atom. The fraction of sp³-hybridized carbons (Fsp3) is 0.286. The van der Waals surface area contributed by atoms with Gasteiger partial charge in [-0.05, 0) is 70.8 Å². The summed E-state index contributed by atoms with van der Waals surface area (Å²) in [6, 6.07) is 45.5. The highest BCUT2D eigenvalue weighted by atomic mass is 32.2. The fourth-order valence-corrected chi connectivity index (χ4v) is 7.13. The van der Waals surface area contributed by atoms with E-state index in [4.69, 9.17) is 9.47 Å². The molecule has 250 valence electrons. The van der Waals surface area contributed by atoms with Gasteiger partial charge in [0.25, 0.3) is 0 Å². The minimum atomic E-state index is -0.547. The van der Waals surface area contributed by atoms with Gasteiger partial charge in [0, 0.05) is 32.1 Å². The lowest BCUT2D eigenvalue weighted by Gasteiger charge is -2.30. The van der Waals surface area contributed by atoms with Gasteiger partial charge < -0.3 is 19.7 Å². The van der Waals surface area contributed by atoms with E-state index in [-0.39, 0.29) is 24.0 Å². The zero-order valence-corrected chi connectivity index (χ0v) is 29.8. The molecular weight excluding hydrogens is 633 g/mol. The summed E-state index contributed by atoms with van der Waals surface area (Å²) in [7, 11) is 0. The summed E-state index contributed by atoms with van der Waals surface area (Å²) < 4.78 is 11.8. The van der Waals surface area contributed by atoms with Crippen LogP contribution in [0.4, 0.5) is 0 Å². The standard InChI is InChI=1S/C42H46O4S2/c1-41(2,33-19-23-37(24-20-33)45-27-35(43)29-47-39-11-7-5-8-12-39)31-15-17-32(18-16-31)42(3,4)34-21-25-38(26-22-34)46-28-36(44)30-48-40-13-9-6-10-14-40/h5-26,35-36,43-44H,27-30H2,1-4H3. The van der Waals surface area contributed by atoms with Gasteiger partial charge in [-0.15, -0.1) is 23.5 Å². The van der Waals surface area contributed by atoms with Crippen LogP contribution in [0.15, 0.2) is 143 Å². The van der Waals surface area contributed by atoms with Crippen molar-refractivity contribution in [1.82, 2.24) is 0 Å². The van der Waals surface area contributed by atoms with Gasteiger partial charge in [-0.25, -0.2) is 0 Å².